The van der Waals surface area contributed by atoms with E-state index in [1.54, 1.807) is 0 Å². The molecule has 112 valence electrons. The zero-order chi connectivity index (χ0) is 14.8. The van der Waals surface area contributed by atoms with E-state index in [-0.39, 0.29) is 18.4 Å². The fourth-order valence-electron chi connectivity index (χ4n) is 2.19. The first-order chi connectivity index (χ1) is 9.04. The number of carboxylic acids is 1. The topological polar surface area (TPSA) is 60.9 Å². The quantitative estimate of drug-likeness (QED) is 0.827. The number of amides is 1. The number of piperazine rings is 1. The van der Waals surface area contributed by atoms with Gasteiger partial charge in [-0.3, -0.25) is 14.5 Å². The Labute approximate surface area is 116 Å². The fraction of sp³-hybridized carbons (Fsp3) is 0.857. The van der Waals surface area contributed by atoms with E-state index in [1.165, 1.54) is 0 Å². The number of nitrogens with zero attached hydrogens (tertiary/aromatic N) is 2. The zero-order valence-corrected chi connectivity index (χ0v) is 12.7. The molecule has 1 saturated heterocycles. The van der Waals surface area contributed by atoms with E-state index in [9.17, 15) is 9.59 Å². The lowest BCUT2D eigenvalue weighted by molar-refractivity contribution is -0.140. The maximum absolute atomic E-state index is 12.0. The van der Waals surface area contributed by atoms with Crippen molar-refractivity contribution in [2.75, 3.05) is 32.7 Å². The molecular weight excluding hydrogens is 244 g/mol. The van der Waals surface area contributed by atoms with Gasteiger partial charge >= 0.3 is 5.97 Å². The number of carbonyl (C=O) groups excluding carboxylic acids is 1. The van der Waals surface area contributed by atoms with Gasteiger partial charge in [0.15, 0.2) is 0 Å². The van der Waals surface area contributed by atoms with Crippen LogP contribution in [0.2, 0.25) is 0 Å². The molecular formula is C14H28N2O3. The SMILES string of the molecule is CC.CCCC(C)C(=O)N1CCN(CC(=O)O)CC1. The number of rotatable bonds is 5. The van der Waals surface area contributed by atoms with Crippen molar-refractivity contribution >= 4 is 11.9 Å². The van der Waals surface area contributed by atoms with Crippen LogP contribution in [-0.2, 0) is 9.59 Å². The smallest absolute Gasteiger partial charge is 0.317 e. The van der Waals surface area contributed by atoms with Crippen LogP contribution in [0.4, 0.5) is 0 Å². The van der Waals surface area contributed by atoms with Crippen molar-refractivity contribution in [2.24, 2.45) is 5.92 Å². The summed E-state index contributed by atoms with van der Waals surface area (Å²) in [7, 11) is 0. The summed E-state index contributed by atoms with van der Waals surface area (Å²) < 4.78 is 0. The van der Waals surface area contributed by atoms with Crippen LogP contribution >= 0.6 is 0 Å². The minimum absolute atomic E-state index is 0.0759. The highest BCUT2D eigenvalue weighted by Crippen LogP contribution is 2.11. The molecule has 1 heterocycles. The summed E-state index contributed by atoms with van der Waals surface area (Å²) in [5.74, 6) is -0.503. The molecule has 0 aromatic heterocycles. The Kier molecular flexibility index (Phi) is 9.21. The van der Waals surface area contributed by atoms with E-state index in [0.29, 0.717) is 26.2 Å². The number of carbonyl (C=O) groups is 2. The molecule has 0 aromatic rings. The number of carboxylic acid groups (broad SMARTS) is 1. The summed E-state index contributed by atoms with van der Waals surface area (Å²) in [5.41, 5.74) is 0. The Morgan fingerprint density at radius 3 is 2.11 bits per heavy atom. The molecule has 5 nitrogen and oxygen atoms in total. The molecule has 1 rings (SSSR count). The molecule has 1 aliphatic heterocycles. The molecule has 0 spiro atoms. The monoisotopic (exact) mass is 272 g/mol. The van der Waals surface area contributed by atoms with Gasteiger partial charge in [-0.05, 0) is 6.42 Å². The average molecular weight is 272 g/mol. The second-order valence-electron chi connectivity index (χ2n) is 4.68. The Balaban J connectivity index is 0.00000154. The van der Waals surface area contributed by atoms with Gasteiger partial charge in [-0.15, -0.1) is 0 Å². The van der Waals surface area contributed by atoms with Crippen LogP contribution in [0.15, 0.2) is 0 Å². The zero-order valence-electron chi connectivity index (χ0n) is 12.7. The van der Waals surface area contributed by atoms with Crippen LogP contribution in [0.5, 0.6) is 0 Å². The molecule has 1 fully saturated rings. The Hall–Kier alpha value is -1.10. The number of hydrogen-bond donors (Lipinski definition) is 1. The van der Waals surface area contributed by atoms with Crippen LogP contribution in [0.1, 0.15) is 40.5 Å². The molecule has 1 atom stereocenters. The Morgan fingerprint density at radius 2 is 1.68 bits per heavy atom. The molecule has 1 N–H and O–H groups in total. The molecule has 0 bridgehead atoms. The summed E-state index contributed by atoms with van der Waals surface area (Å²) in [6.07, 6.45) is 1.94. The highest BCUT2D eigenvalue weighted by atomic mass is 16.4. The molecule has 19 heavy (non-hydrogen) atoms. The van der Waals surface area contributed by atoms with Crippen LogP contribution in [0, 0.1) is 5.92 Å². The van der Waals surface area contributed by atoms with Crippen LogP contribution in [-0.4, -0.2) is 59.5 Å². The van der Waals surface area contributed by atoms with Gasteiger partial charge in [-0.2, -0.15) is 0 Å². The van der Waals surface area contributed by atoms with Gasteiger partial charge < -0.3 is 10.0 Å². The minimum Gasteiger partial charge on any atom is -0.480 e. The summed E-state index contributed by atoms with van der Waals surface area (Å²) >= 11 is 0. The largest absolute Gasteiger partial charge is 0.480 e. The minimum atomic E-state index is -0.802. The van der Waals surface area contributed by atoms with E-state index < -0.39 is 5.97 Å². The van der Waals surface area contributed by atoms with Crippen molar-refractivity contribution in [1.29, 1.82) is 0 Å². The van der Waals surface area contributed by atoms with Crippen LogP contribution in [0.3, 0.4) is 0 Å². The van der Waals surface area contributed by atoms with Crippen molar-refractivity contribution < 1.29 is 14.7 Å². The predicted molar refractivity (Wildman–Crippen MR) is 76.1 cm³/mol. The molecule has 5 heteroatoms. The van der Waals surface area contributed by atoms with Crippen LogP contribution < -0.4 is 0 Å². The van der Waals surface area contributed by atoms with Gasteiger partial charge in [-0.25, -0.2) is 0 Å². The lowest BCUT2D eigenvalue weighted by Crippen LogP contribution is -2.51. The first-order valence-electron chi connectivity index (χ1n) is 7.27. The Morgan fingerprint density at radius 1 is 1.16 bits per heavy atom. The van der Waals surface area contributed by atoms with Gasteiger partial charge in [0.05, 0.1) is 6.54 Å². The van der Waals surface area contributed by atoms with Gasteiger partial charge in [0.1, 0.15) is 0 Å². The number of hydrogen-bond acceptors (Lipinski definition) is 3. The summed E-state index contributed by atoms with van der Waals surface area (Å²) in [6, 6.07) is 0. The summed E-state index contributed by atoms with van der Waals surface area (Å²) in [4.78, 5) is 26.3. The molecule has 0 aliphatic carbocycles. The number of aliphatic carboxylic acids is 1. The van der Waals surface area contributed by atoms with E-state index in [2.05, 4.69) is 6.92 Å². The van der Waals surface area contributed by atoms with Gasteiger partial charge in [0, 0.05) is 32.1 Å². The molecule has 0 aromatic carbocycles. The molecule has 1 unspecified atom stereocenters. The standard InChI is InChI=1S/C12H22N2O3.C2H6/c1-3-4-10(2)12(17)14-7-5-13(6-8-14)9-11(15)16;1-2/h10H,3-9H2,1-2H3,(H,15,16);1-2H3. The maximum atomic E-state index is 12.0. The Bertz CT molecular complexity index is 274. The van der Waals surface area contributed by atoms with Crippen molar-refractivity contribution in [3.63, 3.8) is 0 Å². The molecule has 1 aliphatic rings. The molecule has 0 radical (unpaired) electrons. The van der Waals surface area contributed by atoms with E-state index in [4.69, 9.17) is 5.11 Å². The maximum Gasteiger partial charge on any atom is 0.317 e. The first kappa shape index (κ1) is 17.9. The molecule has 0 saturated carbocycles. The second-order valence-corrected chi connectivity index (χ2v) is 4.68. The third-order valence-electron chi connectivity index (χ3n) is 3.19. The van der Waals surface area contributed by atoms with Crippen molar-refractivity contribution in [3.05, 3.63) is 0 Å². The summed E-state index contributed by atoms with van der Waals surface area (Å²) in [6.45, 7) is 10.8. The molecule has 1 amide bonds. The van der Waals surface area contributed by atoms with Gasteiger partial charge in [-0.1, -0.05) is 34.1 Å². The normalized spacial score (nSPS) is 17.4. The summed E-state index contributed by atoms with van der Waals surface area (Å²) in [5, 5.41) is 8.68. The van der Waals surface area contributed by atoms with E-state index in [0.717, 1.165) is 12.8 Å². The lowest BCUT2D eigenvalue weighted by Gasteiger charge is -2.35. The highest BCUT2D eigenvalue weighted by molar-refractivity contribution is 5.78. The van der Waals surface area contributed by atoms with Crippen molar-refractivity contribution in [2.45, 2.75) is 40.5 Å². The predicted octanol–water partition coefficient (Wildman–Crippen LogP) is 1.68. The van der Waals surface area contributed by atoms with Gasteiger partial charge in [0.2, 0.25) is 5.91 Å². The third kappa shape index (κ3) is 6.57. The van der Waals surface area contributed by atoms with E-state index in [1.807, 2.05) is 30.6 Å². The van der Waals surface area contributed by atoms with Gasteiger partial charge in [0.25, 0.3) is 0 Å². The lowest BCUT2D eigenvalue weighted by atomic mass is 10.0. The van der Waals surface area contributed by atoms with Crippen molar-refractivity contribution in [3.8, 4) is 0 Å². The van der Waals surface area contributed by atoms with Crippen molar-refractivity contribution in [1.82, 2.24) is 9.80 Å². The second kappa shape index (κ2) is 9.78. The average Bonchev–Trinajstić information content (AvgIpc) is 2.41. The van der Waals surface area contributed by atoms with E-state index >= 15 is 0 Å². The fourth-order valence-corrected chi connectivity index (χ4v) is 2.19. The van der Waals surface area contributed by atoms with Crippen LogP contribution in [0.25, 0.3) is 0 Å². The highest BCUT2D eigenvalue weighted by Gasteiger charge is 2.24. The third-order valence-corrected chi connectivity index (χ3v) is 3.19. The first-order valence-corrected chi connectivity index (χ1v) is 7.27.